The van der Waals surface area contributed by atoms with E-state index in [0.717, 1.165) is 35.6 Å². The second-order valence-corrected chi connectivity index (χ2v) is 9.80. The van der Waals surface area contributed by atoms with Crippen LogP contribution in [-0.2, 0) is 0 Å². The minimum atomic E-state index is 0.424. The smallest absolute Gasteiger partial charge is 0.105 e. The van der Waals surface area contributed by atoms with Crippen molar-refractivity contribution in [2.75, 3.05) is 14.1 Å². The normalized spacial score (nSPS) is 48.7. The highest BCUT2D eigenvalue weighted by Gasteiger charge is 2.77. The molecule has 1 heterocycles. The number of piperidine rings is 1. The average Bonchev–Trinajstić information content (AvgIpc) is 2.47. The summed E-state index contributed by atoms with van der Waals surface area (Å²) in [6.45, 7) is 20.0. The van der Waals surface area contributed by atoms with Crippen LogP contribution in [0, 0.1) is 35.0 Å². The summed E-state index contributed by atoms with van der Waals surface area (Å²) in [4.78, 5) is 0. The molecule has 1 aliphatic carbocycles. The first-order valence-electron chi connectivity index (χ1n) is 9.85. The van der Waals surface area contributed by atoms with E-state index in [1.165, 1.54) is 23.7 Å². The van der Waals surface area contributed by atoms with Crippen LogP contribution in [0.15, 0.2) is 0 Å². The zero-order valence-corrected chi connectivity index (χ0v) is 17.0. The largest absolute Gasteiger partial charge is 0.320 e. The first kappa shape index (κ1) is 18.3. The Morgan fingerprint density at radius 2 is 1.64 bits per heavy atom. The van der Waals surface area contributed by atoms with Gasteiger partial charge in [-0.2, -0.15) is 0 Å². The van der Waals surface area contributed by atoms with Gasteiger partial charge in [-0.1, -0.05) is 54.9 Å². The van der Waals surface area contributed by atoms with Gasteiger partial charge in [0.2, 0.25) is 0 Å². The summed E-state index contributed by atoms with van der Waals surface area (Å²) < 4.78 is 1.24. The van der Waals surface area contributed by atoms with E-state index in [0.29, 0.717) is 11.0 Å². The van der Waals surface area contributed by atoms with Gasteiger partial charge in [-0.3, -0.25) is 0 Å². The van der Waals surface area contributed by atoms with Crippen LogP contribution in [0.25, 0.3) is 0 Å². The number of quaternary nitrogens is 1. The van der Waals surface area contributed by atoms with E-state index in [4.69, 9.17) is 0 Å². The molecular weight excluding hydrogens is 266 g/mol. The third-order valence-corrected chi connectivity index (χ3v) is 9.33. The van der Waals surface area contributed by atoms with E-state index < -0.39 is 0 Å². The summed E-state index contributed by atoms with van der Waals surface area (Å²) in [5.41, 5.74) is 0.883. The molecule has 2 aliphatic rings. The van der Waals surface area contributed by atoms with E-state index in [9.17, 15) is 0 Å². The van der Waals surface area contributed by atoms with Crippen molar-refractivity contribution >= 4 is 0 Å². The lowest BCUT2D eigenvalue weighted by atomic mass is 9.35. The summed E-state index contributed by atoms with van der Waals surface area (Å²) in [6, 6.07) is 0.821. The highest BCUT2D eigenvalue weighted by molar-refractivity contribution is 5.18. The number of hydrogen-bond donors (Lipinski definition) is 0. The Morgan fingerprint density at radius 3 is 2.05 bits per heavy atom. The molecule has 0 aromatic carbocycles. The Balaban J connectivity index is 2.54. The number of hydrogen-bond acceptors (Lipinski definition) is 0. The third-order valence-electron chi connectivity index (χ3n) is 9.33. The minimum absolute atomic E-state index is 0.424. The molecule has 1 aliphatic heterocycles. The zero-order chi connectivity index (χ0) is 17.1. The molecule has 0 radical (unpaired) electrons. The fourth-order valence-electron chi connectivity index (χ4n) is 7.19. The number of likely N-dealkylation sites (tertiary alicyclic amines) is 1. The molecule has 7 unspecified atom stereocenters. The molecule has 1 saturated carbocycles. The van der Waals surface area contributed by atoms with Crippen LogP contribution in [-0.4, -0.2) is 30.2 Å². The van der Waals surface area contributed by atoms with Crippen LogP contribution in [0.1, 0.15) is 74.7 Å². The molecule has 130 valence electrons. The average molecular weight is 309 g/mol. The Hall–Kier alpha value is -0.0400. The quantitative estimate of drug-likeness (QED) is 0.593. The minimum Gasteiger partial charge on any atom is -0.320 e. The first-order chi connectivity index (χ1) is 10.0. The Labute approximate surface area is 140 Å². The van der Waals surface area contributed by atoms with Crippen molar-refractivity contribution < 1.29 is 4.48 Å². The van der Waals surface area contributed by atoms with Gasteiger partial charge in [-0.05, 0) is 31.1 Å². The van der Waals surface area contributed by atoms with Crippen LogP contribution >= 0.6 is 0 Å². The second kappa shape index (κ2) is 5.50. The Kier molecular flexibility index (Phi) is 4.58. The van der Waals surface area contributed by atoms with E-state index in [1.807, 2.05) is 0 Å². The molecular formula is C21H42N+. The van der Waals surface area contributed by atoms with Crippen LogP contribution in [0.4, 0.5) is 0 Å². The van der Waals surface area contributed by atoms with Gasteiger partial charge < -0.3 is 4.48 Å². The first-order valence-corrected chi connectivity index (χ1v) is 9.85. The van der Waals surface area contributed by atoms with Gasteiger partial charge >= 0.3 is 0 Å². The lowest BCUT2D eigenvalue weighted by Crippen LogP contribution is -2.86. The van der Waals surface area contributed by atoms with Crippen LogP contribution in [0.5, 0.6) is 0 Å². The van der Waals surface area contributed by atoms with E-state index in [1.54, 1.807) is 0 Å². The van der Waals surface area contributed by atoms with Crippen molar-refractivity contribution in [2.45, 2.75) is 86.2 Å². The second-order valence-electron chi connectivity index (χ2n) is 9.80. The number of nitrogens with zero attached hydrogens (tertiary/aromatic N) is 1. The van der Waals surface area contributed by atoms with Crippen molar-refractivity contribution in [1.82, 2.24) is 0 Å². The number of fused-ring (bicyclic) bond motifs is 1. The maximum absolute atomic E-state index is 2.65. The highest BCUT2D eigenvalue weighted by Crippen LogP contribution is 2.71. The molecule has 2 fully saturated rings. The Bertz CT molecular complexity index is 412. The van der Waals surface area contributed by atoms with Gasteiger partial charge in [-0.15, -0.1) is 0 Å². The topological polar surface area (TPSA) is 0 Å². The van der Waals surface area contributed by atoms with Gasteiger partial charge in [0, 0.05) is 23.7 Å². The van der Waals surface area contributed by atoms with E-state index in [2.05, 4.69) is 69.5 Å². The molecule has 1 heteroatoms. The standard InChI is InChI=1S/C21H42N/c1-11-15(5)18-13-17(12-2)19-16(6)20(7,14(3)4)21(19,8)22(18,9)10/h14-19H,11-13H2,1-10H3/q+1. The van der Waals surface area contributed by atoms with Gasteiger partial charge in [0.15, 0.2) is 0 Å². The molecule has 1 saturated heterocycles. The zero-order valence-electron chi connectivity index (χ0n) is 17.0. The van der Waals surface area contributed by atoms with Crippen LogP contribution in [0.2, 0.25) is 0 Å². The summed E-state index contributed by atoms with van der Waals surface area (Å²) in [6.07, 6.45) is 4.13. The Morgan fingerprint density at radius 1 is 1.09 bits per heavy atom. The van der Waals surface area contributed by atoms with Crippen molar-refractivity contribution in [3.63, 3.8) is 0 Å². The molecule has 0 N–H and O–H groups in total. The lowest BCUT2D eigenvalue weighted by Gasteiger charge is -2.78. The molecule has 1 nitrogen and oxygen atoms in total. The van der Waals surface area contributed by atoms with Crippen molar-refractivity contribution in [1.29, 1.82) is 0 Å². The monoisotopic (exact) mass is 308 g/mol. The van der Waals surface area contributed by atoms with Crippen molar-refractivity contribution in [2.24, 2.45) is 35.0 Å². The van der Waals surface area contributed by atoms with Crippen molar-refractivity contribution in [3.8, 4) is 0 Å². The fraction of sp³-hybridized carbons (Fsp3) is 1.00. The summed E-state index contributed by atoms with van der Waals surface area (Å²) in [7, 11) is 5.12. The lowest BCUT2D eigenvalue weighted by molar-refractivity contribution is -0.998. The van der Waals surface area contributed by atoms with Gasteiger partial charge in [0.25, 0.3) is 0 Å². The van der Waals surface area contributed by atoms with Gasteiger partial charge in [0.1, 0.15) is 5.54 Å². The molecule has 22 heavy (non-hydrogen) atoms. The van der Waals surface area contributed by atoms with Gasteiger partial charge in [-0.25, -0.2) is 0 Å². The summed E-state index contributed by atoms with van der Waals surface area (Å²) in [5, 5.41) is 0. The molecule has 2 rings (SSSR count). The van der Waals surface area contributed by atoms with E-state index in [-0.39, 0.29) is 0 Å². The maximum atomic E-state index is 2.65. The molecule has 0 bridgehead atoms. The third kappa shape index (κ3) is 1.87. The number of rotatable bonds is 4. The SMILES string of the molecule is CCC(C)C1CC(CC)C2C(C)C(C)(C(C)C)C2(C)[N+]1(C)C. The molecule has 0 aromatic heterocycles. The highest BCUT2D eigenvalue weighted by atomic mass is 15.4. The molecule has 0 spiro atoms. The van der Waals surface area contributed by atoms with Crippen LogP contribution in [0.3, 0.4) is 0 Å². The summed E-state index contributed by atoms with van der Waals surface area (Å²) in [5.74, 6) is 4.28. The van der Waals surface area contributed by atoms with Crippen molar-refractivity contribution in [3.05, 3.63) is 0 Å². The molecule has 7 atom stereocenters. The van der Waals surface area contributed by atoms with Crippen LogP contribution < -0.4 is 0 Å². The van der Waals surface area contributed by atoms with E-state index >= 15 is 0 Å². The van der Waals surface area contributed by atoms with Gasteiger partial charge in [0.05, 0.1) is 20.1 Å². The molecule has 0 amide bonds. The maximum Gasteiger partial charge on any atom is 0.105 e. The predicted molar refractivity (Wildman–Crippen MR) is 97.8 cm³/mol. The molecule has 0 aromatic rings. The predicted octanol–water partition coefficient (Wildman–Crippen LogP) is 5.59. The fourth-order valence-corrected chi connectivity index (χ4v) is 7.19. The summed E-state index contributed by atoms with van der Waals surface area (Å²) >= 11 is 0.